The minimum atomic E-state index is -3.85. The second kappa shape index (κ2) is 10.4. The molecule has 1 saturated heterocycles. The monoisotopic (exact) mass is 464 g/mol. The lowest BCUT2D eigenvalue weighted by Gasteiger charge is -2.26. The molecule has 0 aliphatic carbocycles. The first-order valence-electron chi connectivity index (χ1n) is 9.72. The Morgan fingerprint density at radius 2 is 1.72 bits per heavy atom. The van der Waals surface area contributed by atoms with Crippen molar-refractivity contribution in [3.63, 3.8) is 0 Å². The molecule has 32 heavy (non-hydrogen) atoms. The lowest BCUT2D eigenvalue weighted by atomic mass is 10.2. The second-order valence-corrected chi connectivity index (χ2v) is 8.61. The number of hydrogen-bond acceptors (Lipinski definition) is 8. The number of nitrogens with one attached hydrogen (secondary N) is 1. The average Bonchev–Trinajstić information content (AvgIpc) is 2.83. The normalized spacial score (nSPS) is 14.4. The molecule has 1 aliphatic heterocycles. The third kappa shape index (κ3) is 5.36. The number of morpholine rings is 1. The van der Waals surface area contributed by atoms with Crippen LogP contribution < -0.4 is 14.8 Å². The number of sulfonamides is 1. The van der Waals surface area contributed by atoms with Crippen LogP contribution in [0, 0.1) is 0 Å². The van der Waals surface area contributed by atoms with Crippen molar-refractivity contribution in [1.29, 1.82) is 0 Å². The van der Waals surface area contributed by atoms with Crippen LogP contribution in [0.3, 0.4) is 0 Å². The molecule has 0 spiro atoms. The van der Waals surface area contributed by atoms with E-state index >= 15 is 0 Å². The zero-order chi connectivity index (χ0) is 23.1. The molecule has 2 aromatic carbocycles. The van der Waals surface area contributed by atoms with Crippen LogP contribution in [0.25, 0.3) is 0 Å². The second-order valence-electron chi connectivity index (χ2n) is 6.71. The molecule has 1 aliphatic rings. The third-order valence-electron chi connectivity index (χ3n) is 4.70. The number of ether oxygens (including phenoxy) is 4. The molecule has 1 heterocycles. The molecule has 3 rings (SSSR count). The fourth-order valence-corrected chi connectivity index (χ4v) is 4.69. The summed E-state index contributed by atoms with van der Waals surface area (Å²) < 4.78 is 47.9. The van der Waals surface area contributed by atoms with Gasteiger partial charge in [-0.05, 0) is 30.3 Å². The summed E-state index contributed by atoms with van der Waals surface area (Å²) in [5.41, 5.74) is 0.405. The molecule has 2 aromatic rings. The van der Waals surface area contributed by atoms with Gasteiger partial charge in [-0.25, -0.2) is 13.2 Å². The van der Waals surface area contributed by atoms with E-state index in [-0.39, 0.29) is 35.0 Å². The number of rotatable bonds is 8. The zero-order valence-corrected chi connectivity index (χ0v) is 18.5. The van der Waals surface area contributed by atoms with Gasteiger partial charge in [-0.15, -0.1) is 0 Å². The van der Waals surface area contributed by atoms with Gasteiger partial charge in [0.05, 0.1) is 27.4 Å². The molecule has 0 aromatic heterocycles. The zero-order valence-electron chi connectivity index (χ0n) is 17.7. The average molecular weight is 464 g/mol. The van der Waals surface area contributed by atoms with Gasteiger partial charge in [-0.2, -0.15) is 4.31 Å². The Morgan fingerprint density at radius 1 is 1.03 bits per heavy atom. The van der Waals surface area contributed by atoms with Crippen molar-refractivity contribution < 1.29 is 37.0 Å². The molecule has 1 fully saturated rings. The van der Waals surface area contributed by atoms with Gasteiger partial charge in [0.2, 0.25) is 10.0 Å². The topological polar surface area (TPSA) is 120 Å². The van der Waals surface area contributed by atoms with Gasteiger partial charge in [0.1, 0.15) is 22.0 Å². The number of benzene rings is 2. The van der Waals surface area contributed by atoms with E-state index in [1.54, 1.807) is 18.2 Å². The molecule has 10 nitrogen and oxygen atoms in total. The number of carbonyl (C=O) groups excluding carboxylic acids is 2. The van der Waals surface area contributed by atoms with Gasteiger partial charge in [-0.1, -0.05) is 12.1 Å². The summed E-state index contributed by atoms with van der Waals surface area (Å²) in [5.74, 6) is -0.876. The van der Waals surface area contributed by atoms with Crippen LogP contribution >= 0.6 is 0 Å². The summed E-state index contributed by atoms with van der Waals surface area (Å²) in [5, 5.41) is 2.53. The molecule has 172 valence electrons. The van der Waals surface area contributed by atoms with Crippen molar-refractivity contribution in [2.75, 3.05) is 52.4 Å². The Kier molecular flexibility index (Phi) is 7.67. The van der Waals surface area contributed by atoms with E-state index in [0.717, 1.165) is 0 Å². The van der Waals surface area contributed by atoms with Gasteiger partial charge in [0, 0.05) is 18.8 Å². The van der Waals surface area contributed by atoms with Crippen LogP contribution in [0.15, 0.2) is 47.4 Å². The summed E-state index contributed by atoms with van der Waals surface area (Å²) in [6.45, 7) is 0.488. The number of amides is 1. The largest absolute Gasteiger partial charge is 0.496 e. The number of hydrogen-bond donors (Lipinski definition) is 1. The van der Waals surface area contributed by atoms with Crippen LogP contribution in [0.4, 0.5) is 5.69 Å². The standard InChI is InChI=1S/C21H24N2O8S/c1-28-17-6-4-3-5-16(17)21(25)31-14-20(24)22-15-7-8-18(29-2)19(13-15)32(26,27)23-9-11-30-12-10-23/h3-8,13H,9-12,14H2,1-2H3,(H,22,24). The molecule has 0 atom stereocenters. The van der Waals surface area contributed by atoms with Crippen LogP contribution in [-0.2, 0) is 24.3 Å². The minimum absolute atomic E-state index is 0.0780. The Labute approximate surface area is 186 Å². The highest BCUT2D eigenvalue weighted by molar-refractivity contribution is 7.89. The molecule has 0 radical (unpaired) electrons. The Bertz CT molecular complexity index is 1080. The maximum absolute atomic E-state index is 13.0. The maximum atomic E-state index is 13.0. The van der Waals surface area contributed by atoms with Crippen molar-refractivity contribution in [3.05, 3.63) is 48.0 Å². The summed E-state index contributed by atoms with van der Waals surface area (Å²) in [7, 11) is -1.07. The van der Waals surface area contributed by atoms with E-state index in [1.165, 1.54) is 42.8 Å². The number of nitrogens with zero attached hydrogens (tertiary/aromatic N) is 1. The van der Waals surface area contributed by atoms with Crippen LogP contribution in [0.1, 0.15) is 10.4 Å². The Hall–Kier alpha value is -3.15. The molecular formula is C21H24N2O8S. The van der Waals surface area contributed by atoms with Gasteiger partial charge in [0.15, 0.2) is 6.61 Å². The maximum Gasteiger partial charge on any atom is 0.342 e. The van der Waals surface area contributed by atoms with E-state index < -0.39 is 28.5 Å². The molecular weight excluding hydrogens is 440 g/mol. The van der Waals surface area contributed by atoms with E-state index in [9.17, 15) is 18.0 Å². The number of methoxy groups -OCH3 is 2. The number of esters is 1. The SMILES string of the molecule is COc1ccccc1C(=O)OCC(=O)Nc1ccc(OC)c(S(=O)(=O)N2CCOCC2)c1. The number of anilines is 1. The lowest BCUT2D eigenvalue weighted by Crippen LogP contribution is -2.40. The smallest absolute Gasteiger partial charge is 0.342 e. The Balaban J connectivity index is 1.70. The lowest BCUT2D eigenvalue weighted by molar-refractivity contribution is -0.119. The van der Waals surface area contributed by atoms with Crippen molar-refractivity contribution >= 4 is 27.6 Å². The predicted octanol–water partition coefficient (Wildman–Crippen LogP) is 1.52. The summed E-state index contributed by atoms with van der Waals surface area (Å²) >= 11 is 0. The van der Waals surface area contributed by atoms with E-state index in [1.807, 2.05) is 0 Å². The minimum Gasteiger partial charge on any atom is -0.496 e. The first kappa shape index (κ1) is 23.5. The fraction of sp³-hybridized carbons (Fsp3) is 0.333. The van der Waals surface area contributed by atoms with Gasteiger partial charge >= 0.3 is 5.97 Å². The van der Waals surface area contributed by atoms with Crippen molar-refractivity contribution in [1.82, 2.24) is 4.31 Å². The van der Waals surface area contributed by atoms with Gasteiger partial charge in [-0.3, -0.25) is 4.79 Å². The molecule has 1 amide bonds. The van der Waals surface area contributed by atoms with E-state index in [0.29, 0.717) is 19.0 Å². The highest BCUT2D eigenvalue weighted by Crippen LogP contribution is 2.30. The quantitative estimate of drug-likeness (QED) is 0.584. The summed E-state index contributed by atoms with van der Waals surface area (Å²) in [4.78, 5) is 24.4. The Morgan fingerprint density at radius 3 is 2.41 bits per heavy atom. The van der Waals surface area contributed by atoms with Crippen molar-refractivity contribution in [3.8, 4) is 11.5 Å². The van der Waals surface area contributed by atoms with Crippen molar-refractivity contribution in [2.45, 2.75) is 4.90 Å². The van der Waals surface area contributed by atoms with Crippen LogP contribution in [-0.4, -0.2) is 71.7 Å². The summed E-state index contributed by atoms with van der Waals surface area (Å²) in [6, 6.07) is 10.7. The molecule has 0 unspecified atom stereocenters. The van der Waals surface area contributed by atoms with Crippen molar-refractivity contribution in [2.24, 2.45) is 0 Å². The fourth-order valence-electron chi connectivity index (χ4n) is 3.10. The predicted molar refractivity (Wildman–Crippen MR) is 114 cm³/mol. The van der Waals surface area contributed by atoms with E-state index in [2.05, 4.69) is 5.32 Å². The molecule has 0 bridgehead atoms. The van der Waals surface area contributed by atoms with Crippen LogP contribution in [0.2, 0.25) is 0 Å². The van der Waals surface area contributed by atoms with Gasteiger partial charge < -0.3 is 24.3 Å². The first-order valence-corrected chi connectivity index (χ1v) is 11.2. The molecule has 1 N–H and O–H groups in total. The molecule has 11 heteroatoms. The number of carbonyl (C=O) groups is 2. The molecule has 0 saturated carbocycles. The summed E-state index contributed by atoms with van der Waals surface area (Å²) in [6.07, 6.45) is 0. The number of para-hydroxylation sites is 1. The van der Waals surface area contributed by atoms with Gasteiger partial charge in [0.25, 0.3) is 5.91 Å². The highest BCUT2D eigenvalue weighted by atomic mass is 32.2. The third-order valence-corrected chi connectivity index (χ3v) is 6.62. The van der Waals surface area contributed by atoms with E-state index in [4.69, 9.17) is 18.9 Å². The highest BCUT2D eigenvalue weighted by Gasteiger charge is 2.29. The van der Waals surface area contributed by atoms with Crippen LogP contribution in [0.5, 0.6) is 11.5 Å². The first-order chi connectivity index (χ1) is 15.4.